The quantitative estimate of drug-likeness (QED) is 0.863. The van der Waals surface area contributed by atoms with Crippen LogP contribution in [0.3, 0.4) is 0 Å². The number of hydrogen-bond donors (Lipinski definition) is 0. The molecule has 0 aliphatic carbocycles. The molecule has 1 aromatic heterocycles. The maximum absolute atomic E-state index is 13.1. The number of carbonyl (C=O) groups is 1. The van der Waals surface area contributed by atoms with E-state index in [1.807, 2.05) is 0 Å². The van der Waals surface area contributed by atoms with Crippen LogP contribution in [-0.2, 0) is 11.2 Å². The lowest BCUT2D eigenvalue weighted by atomic mass is 10.1. The molecule has 3 rings (SSSR count). The minimum atomic E-state index is -0.929. The molecule has 2 heterocycles. The summed E-state index contributed by atoms with van der Waals surface area (Å²) in [6, 6.07) is 3.67. The minimum absolute atomic E-state index is 0.0707. The first-order chi connectivity index (χ1) is 10.1. The number of halogens is 2. The van der Waals surface area contributed by atoms with Crippen LogP contribution in [0.15, 0.2) is 30.6 Å². The summed E-state index contributed by atoms with van der Waals surface area (Å²) in [5.41, 5.74) is 0.475. The fourth-order valence-electron chi connectivity index (χ4n) is 2.53. The summed E-state index contributed by atoms with van der Waals surface area (Å²) in [6.07, 6.45) is 4.26. The fourth-order valence-corrected chi connectivity index (χ4v) is 2.53. The van der Waals surface area contributed by atoms with E-state index in [-0.39, 0.29) is 18.4 Å². The number of amides is 1. The fraction of sp³-hybridized carbons (Fsp3) is 0.357. The van der Waals surface area contributed by atoms with Gasteiger partial charge in [0, 0.05) is 19.3 Å². The van der Waals surface area contributed by atoms with Crippen molar-refractivity contribution >= 4 is 5.91 Å². The molecule has 1 fully saturated rings. The van der Waals surface area contributed by atoms with Gasteiger partial charge in [-0.15, -0.1) is 5.10 Å². The lowest BCUT2D eigenvalue weighted by Gasteiger charge is -2.16. The third-order valence-electron chi connectivity index (χ3n) is 3.67. The van der Waals surface area contributed by atoms with Crippen molar-refractivity contribution < 1.29 is 13.6 Å². The molecule has 0 spiro atoms. The SMILES string of the molecule is O=C(Cc1ccc(F)c(F)c1)N1CCC(n2ccnn2)C1. The van der Waals surface area contributed by atoms with Crippen LogP contribution >= 0.6 is 0 Å². The van der Waals surface area contributed by atoms with Gasteiger partial charge in [0.1, 0.15) is 0 Å². The van der Waals surface area contributed by atoms with Crippen molar-refractivity contribution in [2.45, 2.75) is 18.9 Å². The Bertz CT molecular complexity index is 644. The summed E-state index contributed by atoms with van der Waals surface area (Å²) < 4.78 is 27.7. The second-order valence-electron chi connectivity index (χ2n) is 5.09. The Balaban J connectivity index is 1.62. The van der Waals surface area contributed by atoms with E-state index in [1.54, 1.807) is 22.0 Å². The van der Waals surface area contributed by atoms with Gasteiger partial charge in [-0.05, 0) is 24.1 Å². The monoisotopic (exact) mass is 292 g/mol. The average Bonchev–Trinajstić information content (AvgIpc) is 3.12. The molecule has 1 aliphatic rings. The lowest BCUT2D eigenvalue weighted by molar-refractivity contribution is -0.129. The molecular formula is C14H14F2N4O. The molecule has 7 heteroatoms. The molecule has 1 aliphatic heterocycles. The first-order valence-corrected chi connectivity index (χ1v) is 6.71. The standard InChI is InChI=1S/C14H14F2N4O/c15-12-2-1-10(7-13(12)16)8-14(21)19-5-3-11(9-19)20-6-4-17-18-20/h1-2,4,6-7,11H,3,5,8-9H2. The highest BCUT2D eigenvalue weighted by atomic mass is 19.2. The van der Waals surface area contributed by atoms with Crippen molar-refractivity contribution in [1.29, 1.82) is 0 Å². The zero-order valence-corrected chi connectivity index (χ0v) is 11.2. The Kier molecular flexibility index (Phi) is 3.64. The van der Waals surface area contributed by atoms with Gasteiger partial charge in [0.2, 0.25) is 5.91 Å². The lowest BCUT2D eigenvalue weighted by Crippen LogP contribution is -2.30. The first-order valence-electron chi connectivity index (χ1n) is 6.71. The molecule has 21 heavy (non-hydrogen) atoms. The van der Waals surface area contributed by atoms with Crippen molar-refractivity contribution in [2.75, 3.05) is 13.1 Å². The predicted molar refractivity (Wildman–Crippen MR) is 70.3 cm³/mol. The predicted octanol–water partition coefficient (Wildman–Crippen LogP) is 1.57. The number of rotatable bonds is 3. The number of benzene rings is 1. The highest BCUT2D eigenvalue weighted by molar-refractivity contribution is 5.79. The van der Waals surface area contributed by atoms with Crippen LogP contribution in [-0.4, -0.2) is 38.9 Å². The van der Waals surface area contributed by atoms with Gasteiger partial charge in [-0.2, -0.15) is 0 Å². The van der Waals surface area contributed by atoms with Gasteiger partial charge in [0.25, 0.3) is 0 Å². The minimum Gasteiger partial charge on any atom is -0.340 e. The summed E-state index contributed by atoms with van der Waals surface area (Å²) in [4.78, 5) is 13.9. The normalized spacial score (nSPS) is 18.2. The van der Waals surface area contributed by atoms with E-state index in [4.69, 9.17) is 0 Å². The Morgan fingerprint density at radius 3 is 2.90 bits per heavy atom. The molecule has 1 saturated heterocycles. The smallest absolute Gasteiger partial charge is 0.227 e. The molecule has 5 nitrogen and oxygen atoms in total. The Morgan fingerprint density at radius 1 is 1.33 bits per heavy atom. The Labute approximate surface area is 120 Å². The van der Waals surface area contributed by atoms with Gasteiger partial charge in [0.15, 0.2) is 11.6 Å². The van der Waals surface area contributed by atoms with Gasteiger partial charge < -0.3 is 4.90 Å². The highest BCUT2D eigenvalue weighted by Crippen LogP contribution is 2.21. The van der Waals surface area contributed by atoms with Crippen LogP contribution in [0, 0.1) is 11.6 Å². The van der Waals surface area contributed by atoms with Crippen LogP contribution in [0.5, 0.6) is 0 Å². The Morgan fingerprint density at radius 2 is 2.19 bits per heavy atom. The van der Waals surface area contributed by atoms with Gasteiger partial charge >= 0.3 is 0 Å². The zero-order chi connectivity index (χ0) is 14.8. The van der Waals surface area contributed by atoms with Crippen LogP contribution in [0.25, 0.3) is 0 Å². The largest absolute Gasteiger partial charge is 0.340 e. The molecule has 0 radical (unpaired) electrons. The topological polar surface area (TPSA) is 51.0 Å². The number of hydrogen-bond acceptors (Lipinski definition) is 3. The van der Waals surface area contributed by atoms with Crippen LogP contribution in [0.2, 0.25) is 0 Å². The van der Waals surface area contributed by atoms with Gasteiger partial charge in [0.05, 0.1) is 18.7 Å². The molecule has 0 N–H and O–H groups in total. The third-order valence-corrected chi connectivity index (χ3v) is 3.67. The van der Waals surface area contributed by atoms with E-state index in [9.17, 15) is 13.6 Å². The van der Waals surface area contributed by atoms with E-state index in [1.165, 1.54) is 6.07 Å². The van der Waals surface area contributed by atoms with Gasteiger partial charge in [-0.25, -0.2) is 13.5 Å². The molecule has 1 unspecified atom stereocenters. The first kappa shape index (κ1) is 13.7. The second kappa shape index (κ2) is 5.59. The van der Waals surface area contributed by atoms with Crippen molar-refractivity contribution in [3.63, 3.8) is 0 Å². The molecular weight excluding hydrogens is 278 g/mol. The zero-order valence-electron chi connectivity index (χ0n) is 11.2. The van der Waals surface area contributed by atoms with E-state index in [0.29, 0.717) is 18.7 Å². The highest BCUT2D eigenvalue weighted by Gasteiger charge is 2.27. The van der Waals surface area contributed by atoms with Crippen molar-refractivity contribution in [3.8, 4) is 0 Å². The van der Waals surface area contributed by atoms with Crippen molar-refractivity contribution in [1.82, 2.24) is 19.9 Å². The molecule has 1 atom stereocenters. The van der Waals surface area contributed by atoms with Crippen LogP contribution in [0.1, 0.15) is 18.0 Å². The molecule has 0 bridgehead atoms. The summed E-state index contributed by atoms with van der Waals surface area (Å²) in [7, 11) is 0. The van der Waals surface area contributed by atoms with E-state index in [2.05, 4.69) is 10.3 Å². The molecule has 1 amide bonds. The summed E-state index contributed by atoms with van der Waals surface area (Å²) in [5.74, 6) is -1.93. The summed E-state index contributed by atoms with van der Waals surface area (Å²) in [6.45, 7) is 1.19. The van der Waals surface area contributed by atoms with Crippen molar-refractivity contribution in [2.24, 2.45) is 0 Å². The molecule has 1 aromatic carbocycles. The van der Waals surface area contributed by atoms with E-state index >= 15 is 0 Å². The summed E-state index contributed by atoms with van der Waals surface area (Å²) >= 11 is 0. The molecule has 2 aromatic rings. The Hall–Kier alpha value is -2.31. The van der Waals surface area contributed by atoms with Crippen LogP contribution < -0.4 is 0 Å². The van der Waals surface area contributed by atoms with E-state index < -0.39 is 11.6 Å². The van der Waals surface area contributed by atoms with Gasteiger partial charge in [-0.3, -0.25) is 4.79 Å². The molecule has 110 valence electrons. The van der Waals surface area contributed by atoms with Crippen LogP contribution in [0.4, 0.5) is 8.78 Å². The van der Waals surface area contributed by atoms with Gasteiger partial charge in [-0.1, -0.05) is 11.3 Å². The maximum Gasteiger partial charge on any atom is 0.227 e. The third kappa shape index (κ3) is 2.91. The number of nitrogens with zero attached hydrogens (tertiary/aromatic N) is 4. The number of aromatic nitrogens is 3. The van der Waals surface area contributed by atoms with E-state index in [0.717, 1.165) is 18.6 Å². The number of likely N-dealkylation sites (tertiary alicyclic amines) is 1. The average molecular weight is 292 g/mol. The second-order valence-corrected chi connectivity index (χ2v) is 5.09. The van der Waals surface area contributed by atoms with Crippen molar-refractivity contribution in [3.05, 3.63) is 47.8 Å². The number of carbonyl (C=O) groups excluding carboxylic acids is 1. The molecule has 0 saturated carbocycles. The maximum atomic E-state index is 13.1. The summed E-state index contributed by atoms with van der Waals surface area (Å²) in [5, 5.41) is 7.69.